The number of furan rings is 1. The van der Waals surface area contributed by atoms with Gasteiger partial charge in [-0.15, -0.1) is 0 Å². The highest BCUT2D eigenvalue weighted by molar-refractivity contribution is 5.21. The molecule has 2 N–H and O–H groups in total. The average molecular weight is 191 g/mol. The smallest absolute Gasteiger partial charge is 0.0954 e. The lowest BCUT2D eigenvalue weighted by Crippen LogP contribution is -2.11. The van der Waals surface area contributed by atoms with E-state index in [1.165, 1.54) is 0 Å². The van der Waals surface area contributed by atoms with Crippen molar-refractivity contribution in [1.29, 1.82) is 0 Å². The minimum absolute atomic E-state index is 0.193. The van der Waals surface area contributed by atoms with Crippen LogP contribution in [0.4, 0.5) is 0 Å². The lowest BCUT2D eigenvalue weighted by molar-refractivity contribution is 0.561. The summed E-state index contributed by atoms with van der Waals surface area (Å²) >= 11 is 0. The summed E-state index contributed by atoms with van der Waals surface area (Å²) in [5, 5.41) is 0. The first-order valence-corrected chi connectivity index (χ1v) is 4.60. The third-order valence-electron chi connectivity index (χ3n) is 2.24. The summed E-state index contributed by atoms with van der Waals surface area (Å²) < 4.78 is 6.97. The molecule has 2 aromatic rings. The third kappa shape index (κ3) is 1.56. The van der Waals surface area contributed by atoms with Crippen LogP contribution in [0.25, 0.3) is 0 Å². The Balaban J connectivity index is 2.23. The van der Waals surface area contributed by atoms with Crippen molar-refractivity contribution in [1.82, 2.24) is 9.55 Å². The minimum Gasteiger partial charge on any atom is -0.472 e. The van der Waals surface area contributed by atoms with Gasteiger partial charge >= 0.3 is 0 Å². The van der Waals surface area contributed by atoms with Gasteiger partial charge in [0.25, 0.3) is 0 Å². The zero-order valence-electron chi connectivity index (χ0n) is 8.05. The van der Waals surface area contributed by atoms with Gasteiger partial charge in [-0.05, 0) is 13.0 Å². The van der Waals surface area contributed by atoms with E-state index >= 15 is 0 Å². The molecule has 2 heterocycles. The molecule has 0 aliphatic carbocycles. The highest BCUT2D eigenvalue weighted by Crippen LogP contribution is 2.17. The Morgan fingerprint density at radius 3 is 3.07 bits per heavy atom. The van der Waals surface area contributed by atoms with Crippen LogP contribution in [0.2, 0.25) is 0 Å². The quantitative estimate of drug-likeness (QED) is 0.800. The van der Waals surface area contributed by atoms with Crippen molar-refractivity contribution >= 4 is 0 Å². The first-order valence-electron chi connectivity index (χ1n) is 4.60. The predicted octanol–water partition coefficient (Wildman–Crippen LogP) is 1.54. The summed E-state index contributed by atoms with van der Waals surface area (Å²) in [5.74, 6) is 0. The topological polar surface area (TPSA) is 57.0 Å². The van der Waals surface area contributed by atoms with Crippen LogP contribution in [0.5, 0.6) is 0 Å². The van der Waals surface area contributed by atoms with E-state index in [0.717, 1.165) is 17.8 Å². The van der Waals surface area contributed by atoms with E-state index in [1.54, 1.807) is 18.9 Å². The second kappa shape index (κ2) is 3.67. The van der Waals surface area contributed by atoms with Crippen LogP contribution in [0.3, 0.4) is 0 Å². The highest BCUT2D eigenvalue weighted by Gasteiger charge is 2.12. The van der Waals surface area contributed by atoms with E-state index in [-0.39, 0.29) is 6.04 Å². The Hall–Kier alpha value is -1.55. The van der Waals surface area contributed by atoms with E-state index in [4.69, 9.17) is 10.2 Å². The van der Waals surface area contributed by atoms with E-state index in [9.17, 15) is 0 Å². The van der Waals surface area contributed by atoms with Crippen molar-refractivity contribution in [2.45, 2.75) is 19.5 Å². The predicted molar refractivity (Wildman–Crippen MR) is 52.6 cm³/mol. The average Bonchev–Trinajstić information content (AvgIpc) is 2.88. The molecule has 0 spiro atoms. The fourth-order valence-electron chi connectivity index (χ4n) is 1.33. The Morgan fingerprint density at radius 1 is 1.64 bits per heavy atom. The molecule has 0 radical (unpaired) electrons. The second-order valence-corrected chi connectivity index (χ2v) is 3.16. The van der Waals surface area contributed by atoms with Crippen molar-refractivity contribution in [3.8, 4) is 0 Å². The maximum atomic E-state index is 5.99. The molecule has 2 rings (SSSR count). The van der Waals surface area contributed by atoms with Gasteiger partial charge in [-0.3, -0.25) is 0 Å². The first kappa shape index (κ1) is 9.02. The van der Waals surface area contributed by atoms with Crippen molar-refractivity contribution in [2.75, 3.05) is 0 Å². The summed E-state index contributed by atoms with van der Waals surface area (Å²) in [5.41, 5.74) is 7.81. The Labute approximate surface area is 82.4 Å². The molecule has 0 fully saturated rings. The fourth-order valence-corrected chi connectivity index (χ4v) is 1.33. The van der Waals surface area contributed by atoms with Crippen LogP contribution in [-0.2, 0) is 6.54 Å². The number of rotatable bonds is 3. The van der Waals surface area contributed by atoms with E-state index < -0.39 is 0 Å². The van der Waals surface area contributed by atoms with E-state index in [1.807, 2.05) is 16.8 Å². The van der Waals surface area contributed by atoms with Gasteiger partial charge in [0.1, 0.15) is 0 Å². The van der Waals surface area contributed by atoms with Gasteiger partial charge in [0.05, 0.1) is 30.6 Å². The zero-order valence-corrected chi connectivity index (χ0v) is 8.05. The number of imidazole rings is 1. The van der Waals surface area contributed by atoms with Gasteiger partial charge < -0.3 is 14.7 Å². The molecule has 0 aromatic carbocycles. The maximum Gasteiger partial charge on any atom is 0.0954 e. The van der Waals surface area contributed by atoms with Crippen LogP contribution in [-0.4, -0.2) is 9.55 Å². The molecule has 0 saturated carbocycles. The molecular weight excluding hydrogens is 178 g/mol. The summed E-state index contributed by atoms with van der Waals surface area (Å²) in [6.07, 6.45) is 7.01. The van der Waals surface area contributed by atoms with Crippen LogP contribution in [0.15, 0.2) is 35.5 Å². The minimum atomic E-state index is -0.193. The molecule has 4 heteroatoms. The molecule has 0 amide bonds. The molecular formula is C10H13N3O. The van der Waals surface area contributed by atoms with Crippen LogP contribution in [0, 0.1) is 0 Å². The van der Waals surface area contributed by atoms with Crippen molar-refractivity contribution < 1.29 is 4.42 Å². The fraction of sp³-hybridized carbons (Fsp3) is 0.300. The molecule has 0 saturated heterocycles. The van der Waals surface area contributed by atoms with Gasteiger partial charge in [-0.2, -0.15) is 0 Å². The Bertz CT molecular complexity index is 391. The lowest BCUT2D eigenvalue weighted by atomic mass is 10.1. The van der Waals surface area contributed by atoms with E-state index in [2.05, 4.69) is 11.9 Å². The summed E-state index contributed by atoms with van der Waals surface area (Å²) in [7, 11) is 0. The molecule has 1 atom stereocenters. The number of nitrogens with two attached hydrogens (primary N) is 1. The molecule has 74 valence electrons. The van der Waals surface area contributed by atoms with E-state index in [0.29, 0.717) is 0 Å². The van der Waals surface area contributed by atoms with Crippen molar-refractivity contribution in [2.24, 2.45) is 5.73 Å². The second-order valence-electron chi connectivity index (χ2n) is 3.16. The van der Waals surface area contributed by atoms with Gasteiger partial charge in [-0.25, -0.2) is 4.98 Å². The lowest BCUT2D eigenvalue weighted by Gasteiger charge is -2.04. The van der Waals surface area contributed by atoms with Gasteiger partial charge in [-0.1, -0.05) is 0 Å². The highest BCUT2D eigenvalue weighted by atomic mass is 16.3. The number of aromatic nitrogens is 2. The first-order chi connectivity index (χ1) is 6.81. The van der Waals surface area contributed by atoms with Crippen LogP contribution >= 0.6 is 0 Å². The standard InChI is InChI=1S/C10H13N3O/c1-2-13-5-9(12-7-13)10(11)8-3-4-14-6-8/h3-7,10H,2,11H2,1H3. The Morgan fingerprint density at radius 2 is 2.50 bits per heavy atom. The van der Waals surface area contributed by atoms with Crippen LogP contribution in [0.1, 0.15) is 24.2 Å². The Kier molecular flexibility index (Phi) is 2.37. The molecule has 0 aliphatic heterocycles. The third-order valence-corrected chi connectivity index (χ3v) is 2.24. The number of hydrogen-bond donors (Lipinski definition) is 1. The molecule has 4 nitrogen and oxygen atoms in total. The van der Waals surface area contributed by atoms with Gasteiger partial charge in [0.2, 0.25) is 0 Å². The SMILES string of the molecule is CCn1cnc(C(N)c2ccoc2)c1. The summed E-state index contributed by atoms with van der Waals surface area (Å²) in [4.78, 5) is 4.24. The normalized spacial score (nSPS) is 13.0. The summed E-state index contributed by atoms with van der Waals surface area (Å²) in [6, 6.07) is 1.66. The molecule has 1 unspecified atom stereocenters. The summed E-state index contributed by atoms with van der Waals surface area (Å²) in [6.45, 7) is 2.97. The number of nitrogens with zero attached hydrogens (tertiary/aromatic N) is 2. The number of aryl methyl sites for hydroxylation is 1. The molecule has 14 heavy (non-hydrogen) atoms. The molecule has 0 aliphatic rings. The maximum absolute atomic E-state index is 5.99. The van der Waals surface area contributed by atoms with Crippen molar-refractivity contribution in [3.05, 3.63) is 42.4 Å². The largest absolute Gasteiger partial charge is 0.472 e. The van der Waals surface area contributed by atoms with Gasteiger partial charge in [0.15, 0.2) is 0 Å². The number of hydrogen-bond acceptors (Lipinski definition) is 3. The van der Waals surface area contributed by atoms with Crippen LogP contribution < -0.4 is 5.73 Å². The van der Waals surface area contributed by atoms with Crippen molar-refractivity contribution in [3.63, 3.8) is 0 Å². The van der Waals surface area contributed by atoms with Gasteiger partial charge in [0, 0.05) is 18.3 Å². The monoisotopic (exact) mass is 191 g/mol. The molecule has 0 bridgehead atoms. The zero-order chi connectivity index (χ0) is 9.97. The molecule has 2 aromatic heterocycles.